The minimum atomic E-state index is -3.89. The number of benzene rings is 2. The molecular formula is C16H11BrN2O3S3. The largest absolute Gasteiger partial charge is 0.307 e. The van der Waals surface area contributed by atoms with Crippen LogP contribution in [0, 0.1) is 0 Å². The monoisotopic (exact) mass is 454 g/mol. The Hall–Kier alpha value is -1.52. The molecule has 128 valence electrons. The fourth-order valence-electron chi connectivity index (χ4n) is 2.03. The normalized spacial score (nSPS) is 16.7. The van der Waals surface area contributed by atoms with Crippen LogP contribution in [0.15, 0.2) is 68.9 Å². The smallest absolute Gasteiger partial charge is 0.259 e. The second kappa shape index (κ2) is 7.38. The van der Waals surface area contributed by atoms with Crippen molar-refractivity contribution in [3.8, 4) is 0 Å². The van der Waals surface area contributed by atoms with Crippen LogP contribution in [-0.4, -0.2) is 23.7 Å². The Morgan fingerprint density at radius 1 is 1.08 bits per heavy atom. The van der Waals surface area contributed by atoms with Crippen LogP contribution in [0.1, 0.15) is 5.56 Å². The summed E-state index contributed by atoms with van der Waals surface area (Å²) in [6.45, 7) is 0. The van der Waals surface area contributed by atoms with Crippen molar-refractivity contribution < 1.29 is 13.2 Å². The summed E-state index contributed by atoms with van der Waals surface area (Å²) in [4.78, 5) is 15.1. The SMILES string of the molecule is O=C1S/C(=C\c2ccc(Br)cc2)C(=S)N1NS(=O)(=O)c1ccccc1. The van der Waals surface area contributed by atoms with E-state index in [4.69, 9.17) is 12.2 Å². The topological polar surface area (TPSA) is 66.5 Å². The fourth-order valence-corrected chi connectivity index (χ4v) is 4.60. The van der Waals surface area contributed by atoms with E-state index in [1.165, 1.54) is 12.1 Å². The lowest BCUT2D eigenvalue weighted by Gasteiger charge is -2.16. The molecule has 3 rings (SSSR count). The van der Waals surface area contributed by atoms with Crippen molar-refractivity contribution >= 4 is 66.2 Å². The van der Waals surface area contributed by atoms with E-state index in [0.717, 1.165) is 26.8 Å². The van der Waals surface area contributed by atoms with E-state index in [2.05, 4.69) is 20.8 Å². The van der Waals surface area contributed by atoms with Crippen LogP contribution in [0.25, 0.3) is 6.08 Å². The molecular weight excluding hydrogens is 444 g/mol. The summed E-state index contributed by atoms with van der Waals surface area (Å²) in [6, 6.07) is 15.3. The quantitative estimate of drug-likeness (QED) is 0.554. The number of nitrogens with one attached hydrogen (secondary N) is 1. The highest BCUT2D eigenvalue weighted by molar-refractivity contribution is 9.10. The van der Waals surface area contributed by atoms with Gasteiger partial charge >= 0.3 is 5.24 Å². The number of carbonyl (C=O) groups excluding carboxylic acids is 1. The van der Waals surface area contributed by atoms with Gasteiger partial charge in [0.25, 0.3) is 10.0 Å². The molecule has 25 heavy (non-hydrogen) atoms. The number of carbonyl (C=O) groups is 1. The van der Waals surface area contributed by atoms with Crippen molar-refractivity contribution in [2.75, 3.05) is 0 Å². The Labute approximate surface area is 163 Å². The predicted octanol–water partition coefficient (Wildman–Crippen LogP) is 4.18. The van der Waals surface area contributed by atoms with Gasteiger partial charge in [-0.1, -0.05) is 58.5 Å². The first-order chi connectivity index (χ1) is 11.9. The maximum Gasteiger partial charge on any atom is 0.307 e. The third-order valence-electron chi connectivity index (χ3n) is 3.23. The molecule has 0 saturated carbocycles. The van der Waals surface area contributed by atoms with Gasteiger partial charge in [-0.3, -0.25) is 4.79 Å². The number of rotatable bonds is 4. The van der Waals surface area contributed by atoms with Gasteiger partial charge in [0.2, 0.25) is 0 Å². The van der Waals surface area contributed by atoms with E-state index in [-0.39, 0.29) is 9.88 Å². The van der Waals surface area contributed by atoms with Crippen molar-refractivity contribution in [3.63, 3.8) is 0 Å². The third kappa shape index (κ3) is 4.18. The summed E-state index contributed by atoms with van der Waals surface area (Å²) in [7, 11) is -3.89. The van der Waals surface area contributed by atoms with Gasteiger partial charge in [-0.25, -0.2) is 13.4 Å². The molecule has 1 aliphatic rings. The van der Waals surface area contributed by atoms with E-state index in [1.54, 1.807) is 24.3 Å². The summed E-state index contributed by atoms with van der Waals surface area (Å²) >= 11 is 9.50. The van der Waals surface area contributed by atoms with Crippen LogP contribution >= 0.6 is 39.9 Å². The standard InChI is InChI=1S/C16H11BrN2O3S3/c17-12-8-6-11(7-9-12)10-14-15(23)19(16(20)24-14)18-25(21,22)13-4-2-1-3-5-13/h1-10,18H/b14-10-. The lowest BCUT2D eigenvalue weighted by Crippen LogP contribution is -2.44. The molecule has 1 heterocycles. The van der Waals surface area contributed by atoms with Crippen LogP contribution in [0.4, 0.5) is 4.79 Å². The van der Waals surface area contributed by atoms with Crippen molar-refractivity contribution in [2.24, 2.45) is 0 Å². The van der Waals surface area contributed by atoms with Gasteiger partial charge in [-0.15, -0.1) is 4.83 Å². The molecule has 2 aromatic rings. The van der Waals surface area contributed by atoms with E-state index in [1.807, 2.05) is 24.3 Å². The first-order valence-corrected chi connectivity index (χ1v) is 10.5. The number of amides is 1. The van der Waals surface area contributed by atoms with Crippen LogP contribution in [0.2, 0.25) is 0 Å². The van der Waals surface area contributed by atoms with Crippen LogP contribution in [-0.2, 0) is 10.0 Å². The molecule has 0 aromatic heterocycles. The number of hydrogen-bond donors (Lipinski definition) is 1. The van der Waals surface area contributed by atoms with Gasteiger partial charge in [0.15, 0.2) is 0 Å². The van der Waals surface area contributed by atoms with Gasteiger partial charge in [0, 0.05) is 4.47 Å². The van der Waals surface area contributed by atoms with Gasteiger partial charge in [0.1, 0.15) is 4.99 Å². The fraction of sp³-hybridized carbons (Fsp3) is 0. The first-order valence-electron chi connectivity index (χ1n) is 6.98. The molecule has 1 aliphatic heterocycles. The number of sulfonamides is 1. The summed E-state index contributed by atoms with van der Waals surface area (Å²) in [5.41, 5.74) is 0.855. The van der Waals surface area contributed by atoms with Crippen molar-refractivity contribution in [3.05, 3.63) is 69.5 Å². The molecule has 1 N–H and O–H groups in total. The first kappa shape index (κ1) is 18.3. The van der Waals surface area contributed by atoms with E-state index < -0.39 is 15.3 Å². The average molecular weight is 455 g/mol. The van der Waals surface area contributed by atoms with Gasteiger partial charge < -0.3 is 0 Å². The van der Waals surface area contributed by atoms with Crippen LogP contribution in [0.3, 0.4) is 0 Å². The molecule has 2 aromatic carbocycles. The second-order valence-corrected chi connectivity index (χ2v) is 8.93. The highest BCUT2D eigenvalue weighted by atomic mass is 79.9. The Morgan fingerprint density at radius 3 is 2.36 bits per heavy atom. The number of halogens is 1. The van der Waals surface area contributed by atoms with E-state index in [0.29, 0.717) is 4.91 Å². The summed E-state index contributed by atoms with van der Waals surface area (Å²) in [5, 5.41) is 0.389. The molecule has 0 atom stereocenters. The molecule has 9 heteroatoms. The number of thiocarbonyl (C=S) groups is 1. The molecule has 0 spiro atoms. The molecule has 1 amide bonds. The molecule has 5 nitrogen and oxygen atoms in total. The van der Waals surface area contributed by atoms with Crippen molar-refractivity contribution in [1.82, 2.24) is 9.84 Å². The Balaban J connectivity index is 1.83. The molecule has 0 radical (unpaired) electrons. The lowest BCUT2D eigenvalue weighted by atomic mass is 10.2. The molecule has 1 fully saturated rings. The Morgan fingerprint density at radius 2 is 1.72 bits per heavy atom. The summed E-state index contributed by atoms with van der Waals surface area (Å²) in [5.74, 6) is 0. The predicted molar refractivity (Wildman–Crippen MR) is 106 cm³/mol. The minimum absolute atomic E-state index is 0.0564. The lowest BCUT2D eigenvalue weighted by molar-refractivity contribution is 0.241. The second-order valence-electron chi connectivity index (χ2n) is 4.98. The van der Waals surface area contributed by atoms with Gasteiger partial charge in [-0.2, -0.15) is 0 Å². The van der Waals surface area contributed by atoms with Crippen molar-refractivity contribution in [1.29, 1.82) is 0 Å². The summed E-state index contributed by atoms with van der Waals surface area (Å²) in [6.07, 6.45) is 1.74. The van der Waals surface area contributed by atoms with E-state index >= 15 is 0 Å². The van der Waals surface area contributed by atoms with Crippen LogP contribution < -0.4 is 4.83 Å². The van der Waals surface area contributed by atoms with Crippen molar-refractivity contribution in [2.45, 2.75) is 4.90 Å². The average Bonchev–Trinajstić information content (AvgIpc) is 2.85. The number of nitrogens with zero attached hydrogens (tertiary/aromatic N) is 1. The minimum Gasteiger partial charge on any atom is -0.259 e. The summed E-state index contributed by atoms with van der Waals surface area (Å²) < 4.78 is 25.7. The zero-order valence-electron chi connectivity index (χ0n) is 12.5. The molecule has 0 aliphatic carbocycles. The van der Waals surface area contributed by atoms with Crippen LogP contribution in [0.5, 0.6) is 0 Å². The van der Waals surface area contributed by atoms with E-state index in [9.17, 15) is 13.2 Å². The number of hydrazine groups is 1. The molecule has 0 unspecified atom stereocenters. The van der Waals surface area contributed by atoms with Gasteiger partial charge in [0.05, 0.1) is 9.80 Å². The highest BCUT2D eigenvalue weighted by Crippen LogP contribution is 2.32. The van der Waals surface area contributed by atoms with Gasteiger partial charge in [-0.05, 0) is 47.7 Å². The number of thioether (sulfide) groups is 1. The molecule has 1 saturated heterocycles. The Kier molecular flexibility index (Phi) is 5.40. The third-order valence-corrected chi connectivity index (χ3v) is 6.49. The maximum absolute atomic E-state index is 12.4. The zero-order chi connectivity index (χ0) is 18.0. The Bertz CT molecular complexity index is 958. The zero-order valence-corrected chi connectivity index (χ0v) is 16.6. The molecule has 0 bridgehead atoms. The maximum atomic E-state index is 12.4. The highest BCUT2D eigenvalue weighted by Gasteiger charge is 2.35. The number of hydrogen-bond acceptors (Lipinski definition) is 5.